The first-order valence-corrected chi connectivity index (χ1v) is 8.72. The van der Waals surface area contributed by atoms with Crippen molar-refractivity contribution < 1.29 is 0 Å². The molecule has 2 heterocycles. The quantitative estimate of drug-likeness (QED) is 0.823. The summed E-state index contributed by atoms with van der Waals surface area (Å²) in [4.78, 5) is 8.09. The molecule has 6 heteroatoms. The second kappa shape index (κ2) is 7.41. The number of aromatic nitrogens is 1. The standard InChI is InChI=1S/C14H20ClN3S2/c1-10(2)6-16-7-11-9-19-14(17-11)18(3)8-12-4-5-13(15)20-12/h4-5,9-10,16H,6-8H2,1-3H3. The fourth-order valence-electron chi connectivity index (χ4n) is 1.78. The Morgan fingerprint density at radius 2 is 2.20 bits per heavy atom. The predicted octanol–water partition coefficient (Wildman–Crippen LogP) is 4.24. The van der Waals surface area contributed by atoms with Gasteiger partial charge < -0.3 is 10.2 Å². The van der Waals surface area contributed by atoms with E-state index >= 15 is 0 Å². The van der Waals surface area contributed by atoms with Gasteiger partial charge in [-0.3, -0.25) is 0 Å². The van der Waals surface area contributed by atoms with E-state index in [1.807, 2.05) is 6.07 Å². The van der Waals surface area contributed by atoms with Crippen molar-refractivity contribution in [1.82, 2.24) is 10.3 Å². The Hall–Kier alpha value is -0.620. The van der Waals surface area contributed by atoms with Gasteiger partial charge in [0, 0.05) is 23.8 Å². The van der Waals surface area contributed by atoms with Gasteiger partial charge in [0.15, 0.2) is 5.13 Å². The Labute approximate surface area is 133 Å². The van der Waals surface area contributed by atoms with Crippen LogP contribution < -0.4 is 10.2 Å². The lowest BCUT2D eigenvalue weighted by Crippen LogP contribution is -2.19. The van der Waals surface area contributed by atoms with Crippen molar-refractivity contribution >= 4 is 39.4 Å². The first-order chi connectivity index (χ1) is 9.54. The highest BCUT2D eigenvalue weighted by Gasteiger charge is 2.09. The van der Waals surface area contributed by atoms with E-state index in [-0.39, 0.29) is 0 Å². The number of hydrogen-bond acceptors (Lipinski definition) is 5. The molecule has 0 radical (unpaired) electrons. The van der Waals surface area contributed by atoms with Crippen LogP contribution in [0.3, 0.4) is 0 Å². The average Bonchev–Trinajstić information content (AvgIpc) is 2.98. The van der Waals surface area contributed by atoms with Gasteiger partial charge in [-0.2, -0.15) is 0 Å². The second-order valence-electron chi connectivity index (χ2n) is 5.21. The Balaban J connectivity index is 1.87. The van der Waals surface area contributed by atoms with E-state index in [2.05, 4.69) is 47.5 Å². The average molecular weight is 330 g/mol. The zero-order chi connectivity index (χ0) is 14.5. The summed E-state index contributed by atoms with van der Waals surface area (Å²) in [7, 11) is 2.07. The van der Waals surface area contributed by atoms with E-state index in [1.165, 1.54) is 4.88 Å². The largest absolute Gasteiger partial charge is 0.346 e. The lowest BCUT2D eigenvalue weighted by molar-refractivity contribution is 0.549. The maximum atomic E-state index is 5.96. The minimum atomic E-state index is 0.666. The van der Waals surface area contributed by atoms with E-state index in [9.17, 15) is 0 Å². The molecule has 0 fully saturated rings. The molecule has 0 aliphatic rings. The Bertz CT molecular complexity index is 536. The molecule has 0 atom stereocenters. The topological polar surface area (TPSA) is 28.2 Å². The zero-order valence-corrected chi connectivity index (χ0v) is 14.4. The number of anilines is 1. The van der Waals surface area contributed by atoms with Gasteiger partial charge >= 0.3 is 0 Å². The summed E-state index contributed by atoms with van der Waals surface area (Å²) in [5.74, 6) is 0.666. The monoisotopic (exact) mass is 329 g/mol. The molecule has 0 aliphatic heterocycles. The Morgan fingerprint density at radius 1 is 1.40 bits per heavy atom. The van der Waals surface area contributed by atoms with Crippen LogP contribution in [0.2, 0.25) is 4.34 Å². The molecule has 110 valence electrons. The Morgan fingerprint density at radius 3 is 2.85 bits per heavy atom. The van der Waals surface area contributed by atoms with Crippen molar-refractivity contribution in [3.8, 4) is 0 Å². The molecule has 20 heavy (non-hydrogen) atoms. The highest BCUT2D eigenvalue weighted by atomic mass is 35.5. The SMILES string of the molecule is CC(C)CNCc1csc(N(C)Cc2ccc(Cl)s2)n1. The van der Waals surface area contributed by atoms with Crippen LogP contribution in [0.25, 0.3) is 0 Å². The van der Waals surface area contributed by atoms with Crippen molar-refractivity contribution in [2.75, 3.05) is 18.5 Å². The van der Waals surface area contributed by atoms with Gasteiger partial charge in [-0.15, -0.1) is 22.7 Å². The van der Waals surface area contributed by atoms with Crippen LogP contribution in [-0.4, -0.2) is 18.6 Å². The molecular formula is C14H20ClN3S2. The van der Waals surface area contributed by atoms with Gasteiger partial charge in [-0.1, -0.05) is 25.4 Å². The van der Waals surface area contributed by atoms with Gasteiger partial charge in [0.25, 0.3) is 0 Å². The molecule has 0 unspecified atom stereocenters. The van der Waals surface area contributed by atoms with Gasteiger partial charge in [0.2, 0.25) is 0 Å². The summed E-state index contributed by atoms with van der Waals surface area (Å²) in [5.41, 5.74) is 1.11. The van der Waals surface area contributed by atoms with Crippen LogP contribution >= 0.6 is 34.3 Å². The van der Waals surface area contributed by atoms with Crippen LogP contribution in [-0.2, 0) is 13.1 Å². The van der Waals surface area contributed by atoms with Crippen LogP contribution in [0.4, 0.5) is 5.13 Å². The summed E-state index contributed by atoms with van der Waals surface area (Å²) in [6.45, 7) is 7.13. The molecule has 0 amide bonds. The molecule has 0 bridgehead atoms. The third-order valence-electron chi connectivity index (χ3n) is 2.75. The van der Waals surface area contributed by atoms with Crippen molar-refractivity contribution in [1.29, 1.82) is 0 Å². The maximum absolute atomic E-state index is 5.96. The number of halogens is 1. The molecule has 0 spiro atoms. The summed E-state index contributed by atoms with van der Waals surface area (Å²) in [6, 6.07) is 4.01. The first-order valence-electron chi connectivity index (χ1n) is 6.65. The second-order valence-corrected chi connectivity index (χ2v) is 7.84. The third-order valence-corrected chi connectivity index (χ3v) is 4.97. The summed E-state index contributed by atoms with van der Waals surface area (Å²) < 4.78 is 0.839. The highest BCUT2D eigenvalue weighted by Crippen LogP contribution is 2.26. The van der Waals surface area contributed by atoms with Gasteiger partial charge in [0.1, 0.15) is 0 Å². The van der Waals surface area contributed by atoms with Gasteiger partial charge in [-0.05, 0) is 24.6 Å². The minimum absolute atomic E-state index is 0.666. The fraction of sp³-hybridized carbons (Fsp3) is 0.500. The third kappa shape index (κ3) is 4.74. The number of nitrogens with zero attached hydrogens (tertiary/aromatic N) is 2. The van der Waals surface area contributed by atoms with E-state index in [0.29, 0.717) is 5.92 Å². The van der Waals surface area contributed by atoms with E-state index < -0.39 is 0 Å². The minimum Gasteiger partial charge on any atom is -0.346 e. The van der Waals surface area contributed by atoms with Gasteiger partial charge in [0.05, 0.1) is 16.6 Å². The molecule has 0 aliphatic carbocycles. The first kappa shape index (κ1) is 15.8. The number of thiazole rings is 1. The molecule has 1 N–H and O–H groups in total. The Kier molecular flexibility index (Phi) is 5.84. The smallest absolute Gasteiger partial charge is 0.185 e. The van der Waals surface area contributed by atoms with E-state index in [0.717, 1.165) is 34.8 Å². The lowest BCUT2D eigenvalue weighted by Gasteiger charge is -2.14. The number of nitrogens with one attached hydrogen (secondary N) is 1. The molecule has 3 nitrogen and oxygen atoms in total. The van der Waals surface area contributed by atoms with Crippen molar-refractivity contribution in [2.45, 2.75) is 26.9 Å². The maximum Gasteiger partial charge on any atom is 0.185 e. The predicted molar refractivity (Wildman–Crippen MR) is 90.1 cm³/mol. The molecule has 0 saturated carbocycles. The van der Waals surface area contributed by atoms with Crippen molar-refractivity contribution in [2.24, 2.45) is 5.92 Å². The van der Waals surface area contributed by atoms with Crippen LogP contribution in [0, 0.1) is 5.92 Å². The van der Waals surface area contributed by atoms with Crippen LogP contribution in [0.1, 0.15) is 24.4 Å². The number of rotatable bonds is 7. The molecule has 2 rings (SSSR count). The fourth-order valence-corrected chi connectivity index (χ4v) is 3.71. The summed E-state index contributed by atoms with van der Waals surface area (Å²) in [5, 5.41) is 6.59. The van der Waals surface area contributed by atoms with E-state index in [4.69, 9.17) is 11.6 Å². The number of hydrogen-bond donors (Lipinski definition) is 1. The van der Waals surface area contributed by atoms with E-state index in [1.54, 1.807) is 22.7 Å². The van der Waals surface area contributed by atoms with Crippen LogP contribution in [0.5, 0.6) is 0 Å². The molecule has 0 aromatic carbocycles. The summed E-state index contributed by atoms with van der Waals surface area (Å²) in [6.07, 6.45) is 0. The lowest BCUT2D eigenvalue weighted by atomic mass is 10.2. The molecular weight excluding hydrogens is 310 g/mol. The normalized spacial score (nSPS) is 11.2. The van der Waals surface area contributed by atoms with Crippen LogP contribution in [0.15, 0.2) is 17.5 Å². The molecule has 0 saturated heterocycles. The van der Waals surface area contributed by atoms with Crippen molar-refractivity contribution in [3.05, 3.63) is 32.4 Å². The van der Waals surface area contributed by atoms with Crippen molar-refractivity contribution in [3.63, 3.8) is 0 Å². The number of thiophene rings is 1. The zero-order valence-electron chi connectivity index (χ0n) is 12.0. The highest BCUT2D eigenvalue weighted by molar-refractivity contribution is 7.16. The summed E-state index contributed by atoms with van der Waals surface area (Å²) >= 11 is 9.27. The van der Waals surface area contributed by atoms with Gasteiger partial charge in [-0.25, -0.2) is 4.98 Å². The molecule has 2 aromatic heterocycles. The molecule has 2 aromatic rings.